The molecule has 8 aliphatic carbocycles. The summed E-state index contributed by atoms with van der Waals surface area (Å²) < 4.78 is 13.0. The van der Waals surface area contributed by atoms with Crippen LogP contribution in [0.3, 0.4) is 0 Å². The van der Waals surface area contributed by atoms with Gasteiger partial charge < -0.3 is 14.6 Å². The predicted octanol–water partition coefficient (Wildman–Crippen LogP) is 8.01. The van der Waals surface area contributed by atoms with E-state index in [1.54, 1.807) is 0 Å². The largest absolute Gasteiger partial charge is 0.459 e. The number of aliphatic hydroxyl groups is 1. The van der Waals surface area contributed by atoms with Crippen LogP contribution in [0.4, 0.5) is 0 Å². The molecule has 1 N–H and O–H groups in total. The van der Waals surface area contributed by atoms with Gasteiger partial charge in [-0.25, -0.2) is 0 Å². The summed E-state index contributed by atoms with van der Waals surface area (Å²) in [4.78, 5) is 28.0. The molecule has 0 radical (unpaired) electrons. The predicted molar refractivity (Wildman–Crippen MR) is 160 cm³/mol. The Bertz CT molecular complexity index is 1030. The smallest absolute Gasteiger partial charge is 0.312 e. The second kappa shape index (κ2) is 9.21. The third kappa shape index (κ3) is 4.81. The molecule has 41 heavy (non-hydrogen) atoms. The molecule has 0 amide bonds. The van der Waals surface area contributed by atoms with Crippen molar-refractivity contribution in [3.05, 3.63) is 0 Å². The first-order valence-electron chi connectivity index (χ1n) is 17.0. The van der Waals surface area contributed by atoms with Crippen molar-refractivity contribution in [2.45, 2.75) is 162 Å². The van der Waals surface area contributed by atoms with E-state index in [2.05, 4.69) is 27.7 Å². The first-order valence-corrected chi connectivity index (χ1v) is 17.0. The fourth-order valence-corrected chi connectivity index (χ4v) is 12.1. The zero-order valence-corrected chi connectivity index (χ0v) is 27.4. The van der Waals surface area contributed by atoms with Crippen molar-refractivity contribution in [2.24, 2.45) is 51.2 Å². The average Bonchev–Trinajstić information content (AvgIpc) is 2.80. The number of rotatable bonds is 9. The van der Waals surface area contributed by atoms with Crippen LogP contribution in [-0.2, 0) is 19.1 Å². The molecule has 8 rings (SSSR count). The van der Waals surface area contributed by atoms with Gasteiger partial charge in [-0.3, -0.25) is 9.59 Å². The molecule has 5 nitrogen and oxygen atoms in total. The van der Waals surface area contributed by atoms with Crippen molar-refractivity contribution in [1.82, 2.24) is 0 Å². The Kier molecular flexibility index (Phi) is 6.73. The summed E-state index contributed by atoms with van der Waals surface area (Å²) in [5.74, 6) is 3.04. The van der Waals surface area contributed by atoms with Crippen LogP contribution in [0.1, 0.15) is 145 Å². The topological polar surface area (TPSA) is 72.8 Å². The van der Waals surface area contributed by atoms with E-state index in [1.165, 1.54) is 44.9 Å². The molecule has 5 heteroatoms. The minimum Gasteiger partial charge on any atom is -0.459 e. The highest BCUT2D eigenvalue weighted by atomic mass is 16.6. The van der Waals surface area contributed by atoms with Gasteiger partial charge in [-0.1, -0.05) is 6.92 Å². The maximum Gasteiger partial charge on any atom is 0.312 e. The zero-order chi connectivity index (χ0) is 29.9. The van der Waals surface area contributed by atoms with Crippen molar-refractivity contribution in [3.8, 4) is 0 Å². The Balaban J connectivity index is 1.15. The van der Waals surface area contributed by atoms with Crippen molar-refractivity contribution >= 4 is 11.9 Å². The van der Waals surface area contributed by atoms with E-state index in [9.17, 15) is 14.7 Å². The third-order valence-electron chi connectivity index (χ3n) is 14.0. The van der Waals surface area contributed by atoms with Crippen LogP contribution in [0.2, 0.25) is 0 Å². The lowest BCUT2D eigenvalue weighted by Gasteiger charge is -2.64. The van der Waals surface area contributed by atoms with E-state index >= 15 is 0 Å². The molecule has 0 spiro atoms. The van der Waals surface area contributed by atoms with Gasteiger partial charge in [-0.05, 0) is 168 Å². The van der Waals surface area contributed by atoms with Gasteiger partial charge in [0.2, 0.25) is 0 Å². The molecular formula is C36H58O5. The van der Waals surface area contributed by atoms with E-state index in [0.717, 1.165) is 49.9 Å². The standard InChI is InChI=1S/C36H58O5/c1-9-33(8,29(38)41-31(4,5)34-14-23-10-24(15-34)12-25(11-23)16-34)21-30(2,3)28(37)40-32(6,7)35-17-26-13-27(18-35)20-36(39,19-26)22-35/h23-27,39H,9-22H2,1-8H3. The number of carbonyl (C=O) groups excluding carboxylic acids is 2. The summed E-state index contributed by atoms with van der Waals surface area (Å²) in [7, 11) is 0. The second-order valence-corrected chi connectivity index (χ2v) is 18.4. The van der Waals surface area contributed by atoms with Gasteiger partial charge in [-0.15, -0.1) is 0 Å². The minimum atomic E-state index is -0.842. The van der Waals surface area contributed by atoms with Crippen molar-refractivity contribution in [1.29, 1.82) is 0 Å². The molecule has 8 saturated carbocycles. The SMILES string of the molecule is CCC(C)(CC(C)(C)C(=O)OC(C)(C)C12CC3CC(CC(O)(C3)C1)C2)C(=O)OC(C)(C)C12CC3CC(CC(C3)C1)C2. The lowest BCUT2D eigenvalue weighted by atomic mass is 9.44. The highest BCUT2D eigenvalue weighted by Gasteiger charge is 2.64. The minimum absolute atomic E-state index is 0.0897. The fraction of sp³-hybridized carbons (Fsp3) is 0.944. The second-order valence-electron chi connectivity index (χ2n) is 18.4. The van der Waals surface area contributed by atoms with E-state index < -0.39 is 27.6 Å². The van der Waals surface area contributed by atoms with Gasteiger partial charge in [-0.2, -0.15) is 0 Å². The maximum atomic E-state index is 14.1. The van der Waals surface area contributed by atoms with Crippen molar-refractivity contribution in [2.75, 3.05) is 0 Å². The van der Waals surface area contributed by atoms with Crippen LogP contribution in [0.5, 0.6) is 0 Å². The molecule has 3 unspecified atom stereocenters. The van der Waals surface area contributed by atoms with E-state index in [-0.39, 0.29) is 22.8 Å². The molecule has 0 saturated heterocycles. The lowest BCUT2D eigenvalue weighted by Crippen LogP contribution is -2.63. The van der Waals surface area contributed by atoms with Crippen molar-refractivity contribution < 1.29 is 24.2 Å². The summed E-state index contributed by atoms with van der Waals surface area (Å²) in [6.07, 6.45) is 14.5. The molecule has 0 heterocycles. The monoisotopic (exact) mass is 570 g/mol. The number of carbonyl (C=O) groups is 2. The lowest BCUT2D eigenvalue weighted by molar-refractivity contribution is -0.236. The molecule has 8 fully saturated rings. The third-order valence-corrected chi connectivity index (χ3v) is 14.0. The molecule has 0 aliphatic heterocycles. The van der Waals surface area contributed by atoms with Crippen LogP contribution >= 0.6 is 0 Å². The molecular weight excluding hydrogens is 512 g/mol. The normalized spacial score (nSPS) is 42.7. The molecule has 3 atom stereocenters. The molecule has 8 aliphatic rings. The number of ether oxygens (including phenoxy) is 2. The summed E-state index contributed by atoms with van der Waals surface area (Å²) in [6.45, 7) is 16.4. The average molecular weight is 571 g/mol. The molecule has 0 aromatic heterocycles. The first kappa shape index (κ1) is 29.9. The van der Waals surface area contributed by atoms with Gasteiger partial charge >= 0.3 is 11.9 Å². The Morgan fingerprint density at radius 2 is 1.07 bits per heavy atom. The first-order chi connectivity index (χ1) is 18.8. The van der Waals surface area contributed by atoms with Gasteiger partial charge in [0.25, 0.3) is 0 Å². The van der Waals surface area contributed by atoms with Gasteiger partial charge in [0.15, 0.2) is 0 Å². The van der Waals surface area contributed by atoms with Gasteiger partial charge in [0, 0.05) is 10.8 Å². The Hall–Kier alpha value is -1.10. The van der Waals surface area contributed by atoms with E-state index in [0.29, 0.717) is 24.7 Å². The van der Waals surface area contributed by atoms with E-state index in [4.69, 9.17) is 9.47 Å². The highest BCUT2D eigenvalue weighted by molar-refractivity contribution is 5.81. The number of esters is 2. The van der Waals surface area contributed by atoms with Gasteiger partial charge in [0.05, 0.1) is 16.4 Å². The number of hydrogen-bond donors (Lipinski definition) is 1. The Morgan fingerprint density at radius 3 is 1.54 bits per heavy atom. The number of hydrogen-bond acceptors (Lipinski definition) is 5. The summed E-state index contributed by atoms with van der Waals surface area (Å²) in [5, 5.41) is 11.3. The molecule has 8 bridgehead atoms. The zero-order valence-electron chi connectivity index (χ0n) is 27.4. The van der Waals surface area contributed by atoms with E-state index in [1.807, 2.05) is 27.7 Å². The Morgan fingerprint density at radius 1 is 0.659 bits per heavy atom. The molecule has 232 valence electrons. The summed E-state index contributed by atoms with van der Waals surface area (Å²) >= 11 is 0. The van der Waals surface area contributed by atoms with Crippen LogP contribution < -0.4 is 0 Å². The van der Waals surface area contributed by atoms with Gasteiger partial charge in [0.1, 0.15) is 11.2 Å². The molecule has 0 aromatic carbocycles. The van der Waals surface area contributed by atoms with Crippen LogP contribution in [0.15, 0.2) is 0 Å². The molecule has 0 aromatic rings. The Labute approximate surface area is 249 Å². The van der Waals surface area contributed by atoms with Crippen LogP contribution in [-0.4, -0.2) is 33.8 Å². The van der Waals surface area contributed by atoms with Crippen LogP contribution in [0.25, 0.3) is 0 Å². The fourth-order valence-electron chi connectivity index (χ4n) is 12.1. The quantitative estimate of drug-likeness (QED) is 0.284. The highest BCUT2D eigenvalue weighted by Crippen LogP contribution is 2.66. The maximum absolute atomic E-state index is 14.1. The summed E-state index contributed by atoms with van der Waals surface area (Å²) in [5.41, 5.74) is -3.48. The van der Waals surface area contributed by atoms with Crippen molar-refractivity contribution in [3.63, 3.8) is 0 Å². The van der Waals surface area contributed by atoms with Crippen LogP contribution in [0, 0.1) is 51.2 Å². The summed E-state index contributed by atoms with van der Waals surface area (Å²) in [6, 6.07) is 0.